The zero-order valence-corrected chi connectivity index (χ0v) is 8.63. The summed E-state index contributed by atoms with van der Waals surface area (Å²) in [6.07, 6.45) is 0.831. The molecule has 1 aromatic carbocycles. The third-order valence-electron chi connectivity index (χ3n) is 2.52. The topological polar surface area (TPSA) is 63.6 Å². The molecule has 0 spiro atoms. The normalized spacial score (nSPS) is 13.8. The van der Waals surface area contributed by atoms with Crippen LogP contribution in [0.25, 0.3) is 0 Å². The van der Waals surface area contributed by atoms with Crippen molar-refractivity contribution in [2.24, 2.45) is 0 Å². The molecule has 1 aliphatic heterocycles. The number of carboxylic acid groups (broad SMARTS) is 1. The van der Waals surface area contributed by atoms with Crippen molar-refractivity contribution in [3.63, 3.8) is 0 Å². The molecule has 2 rings (SSSR count). The fourth-order valence-corrected chi connectivity index (χ4v) is 1.77. The Kier molecular flexibility index (Phi) is 2.79. The number of Topliss-reactive ketones (excluding diaryl/α,β-unsaturated/α-hetero) is 1. The molecule has 1 aliphatic rings. The Bertz CT molecular complexity index is 511. The fourth-order valence-electron chi connectivity index (χ4n) is 1.77. The summed E-state index contributed by atoms with van der Waals surface area (Å²) < 4.78 is 31.9. The van der Waals surface area contributed by atoms with Gasteiger partial charge in [0.2, 0.25) is 0 Å². The van der Waals surface area contributed by atoms with Gasteiger partial charge in [-0.15, -0.1) is 0 Å². The second-order valence-electron chi connectivity index (χ2n) is 3.61. The molecule has 0 aliphatic carbocycles. The highest BCUT2D eigenvalue weighted by Crippen LogP contribution is 2.33. The highest BCUT2D eigenvalue weighted by atomic mass is 19.1. The minimum absolute atomic E-state index is 0.0576. The minimum Gasteiger partial charge on any atom is -0.492 e. The van der Waals surface area contributed by atoms with Crippen molar-refractivity contribution in [2.45, 2.75) is 12.8 Å². The van der Waals surface area contributed by atoms with E-state index in [9.17, 15) is 18.4 Å². The van der Waals surface area contributed by atoms with E-state index in [0.717, 1.165) is 0 Å². The van der Waals surface area contributed by atoms with Crippen LogP contribution >= 0.6 is 0 Å². The number of aliphatic carboxylic acids is 1. The Morgan fingerprint density at radius 1 is 1.29 bits per heavy atom. The standard InChI is InChI=1S/C11H8F2O4/c12-6-4-7(13)8(9(14)11(15)16)10-5(6)2-1-3-17-10/h4H,1-3H2,(H,15,16). The molecule has 0 atom stereocenters. The lowest BCUT2D eigenvalue weighted by molar-refractivity contribution is -0.131. The number of carbonyl (C=O) groups excluding carboxylic acids is 1. The first-order valence-corrected chi connectivity index (χ1v) is 4.93. The predicted octanol–water partition coefficient (Wildman–Crippen LogP) is 1.56. The average molecular weight is 242 g/mol. The minimum atomic E-state index is -1.80. The van der Waals surface area contributed by atoms with E-state index in [0.29, 0.717) is 18.9 Å². The number of rotatable bonds is 2. The number of halogens is 2. The molecule has 6 heteroatoms. The van der Waals surface area contributed by atoms with Crippen molar-refractivity contribution in [1.82, 2.24) is 0 Å². The molecule has 0 saturated heterocycles. The number of hydrogen-bond acceptors (Lipinski definition) is 3. The largest absolute Gasteiger partial charge is 0.492 e. The number of fused-ring (bicyclic) bond motifs is 1. The van der Waals surface area contributed by atoms with Crippen LogP contribution in [-0.2, 0) is 11.2 Å². The summed E-state index contributed by atoms with van der Waals surface area (Å²) in [4.78, 5) is 21.9. The van der Waals surface area contributed by atoms with Gasteiger partial charge in [0, 0.05) is 11.6 Å². The summed E-state index contributed by atoms with van der Waals surface area (Å²) in [5.74, 6) is -5.54. The van der Waals surface area contributed by atoms with Gasteiger partial charge in [-0.3, -0.25) is 4.79 Å². The van der Waals surface area contributed by atoms with Gasteiger partial charge in [-0.2, -0.15) is 0 Å². The predicted molar refractivity (Wildman–Crippen MR) is 52.1 cm³/mol. The molecule has 0 saturated carbocycles. The third-order valence-corrected chi connectivity index (χ3v) is 2.52. The highest BCUT2D eigenvalue weighted by Gasteiger charge is 2.30. The van der Waals surface area contributed by atoms with Crippen LogP contribution in [0.3, 0.4) is 0 Å². The van der Waals surface area contributed by atoms with E-state index in [2.05, 4.69) is 0 Å². The maximum Gasteiger partial charge on any atom is 0.377 e. The lowest BCUT2D eigenvalue weighted by Crippen LogP contribution is -2.20. The van der Waals surface area contributed by atoms with Crippen LogP contribution in [0, 0.1) is 11.6 Å². The van der Waals surface area contributed by atoms with Gasteiger partial charge in [-0.1, -0.05) is 0 Å². The third kappa shape index (κ3) is 1.86. The molecule has 1 aromatic rings. The SMILES string of the molecule is O=C(O)C(=O)c1c(F)cc(F)c2c1OCCC2. The fraction of sp³-hybridized carbons (Fsp3) is 0.273. The van der Waals surface area contributed by atoms with E-state index in [1.165, 1.54) is 0 Å². The molecule has 0 amide bonds. The van der Waals surface area contributed by atoms with Crippen LogP contribution in [0.15, 0.2) is 6.07 Å². The van der Waals surface area contributed by atoms with E-state index in [-0.39, 0.29) is 17.9 Å². The zero-order chi connectivity index (χ0) is 12.6. The lowest BCUT2D eigenvalue weighted by Gasteiger charge is -2.20. The second-order valence-corrected chi connectivity index (χ2v) is 3.61. The maximum absolute atomic E-state index is 13.4. The molecule has 90 valence electrons. The number of ether oxygens (including phenoxy) is 1. The van der Waals surface area contributed by atoms with E-state index in [4.69, 9.17) is 9.84 Å². The number of hydrogen-bond donors (Lipinski definition) is 1. The van der Waals surface area contributed by atoms with Crippen molar-refractivity contribution in [3.8, 4) is 5.75 Å². The molecule has 1 N–H and O–H groups in total. The first-order valence-electron chi connectivity index (χ1n) is 4.93. The van der Waals surface area contributed by atoms with Crippen molar-refractivity contribution in [2.75, 3.05) is 6.61 Å². The van der Waals surface area contributed by atoms with Gasteiger partial charge < -0.3 is 9.84 Å². The number of carboxylic acids is 1. The molecule has 17 heavy (non-hydrogen) atoms. The zero-order valence-electron chi connectivity index (χ0n) is 8.63. The smallest absolute Gasteiger partial charge is 0.377 e. The van der Waals surface area contributed by atoms with Gasteiger partial charge in [0.15, 0.2) is 0 Å². The van der Waals surface area contributed by atoms with Gasteiger partial charge in [0.1, 0.15) is 22.9 Å². The number of carbonyl (C=O) groups is 2. The van der Waals surface area contributed by atoms with Crippen molar-refractivity contribution < 1.29 is 28.2 Å². The first kappa shape index (κ1) is 11.5. The Balaban J connectivity index is 2.66. The monoisotopic (exact) mass is 242 g/mol. The molecule has 0 unspecified atom stereocenters. The summed E-state index contributed by atoms with van der Waals surface area (Å²) in [7, 11) is 0. The van der Waals surface area contributed by atoms with Crippen molar-refractivity contribution >= 4 is 11.8 Å². The molecule has 0 bridgehead atoms. The molecule has 1 heterocycles. The van der Waals surface area contributed by atoms with Crippen molar-refractivity contribution in [3.05, 3.63) is 28.8 Å². The van der Waals surface area contributed by atoms with Gasteiger partial charge in [0.05, 0.1) is 6.61 Å². The van der Waals surface area contributed by atoms with Crippen LogP contribution in [0.1, 0.15) is 22.3 Å². The molecule has 4 nitrogen and oxygen atoms in total. The summed E-state index contributed by atoms with van der Waals surface area (Å²) in [5.41, 5.74) is -0.643. The molecule has 0 fully saturated rings. The summed E-state index contributed by atoms with van der Waals surface area (Å²) in [5, 5.41) is 8.57. The highest BCUT2D eigenvalue weighted by molar-refractivity contribution is 6.40. The Labute approximate surface area is 94.8 Å². The molecule has 0 aromatic heterocycles. The Hall–Kier alpha value is -1.98. The van der Waals surface area contributed by atoms with Gasteiger partial charge in [-0.25, -0.2) is 13.6 Å². The van der Waals surface area contributed by atoms with E-state index >= 15 is 0 Å². The van der Waals surface area contributed by atoms with Gasteiger partial charge in [-0.05, 0) is 12.8 Å². The summed E-state index contributed by atoms with van der Waals surface area (Å²) in [6, 6.07) is 0.518. The quantitative estimate of drug-likeness (QED) is 0.631. The van der Waals surface area contributed by atoms with E-state index in [1.807, 2.05) is 0 Å². The van der Waals surface area contributed by atoms with E-state index < -0.39 is 29.0 Å². The summed E-state index contributed by atoms with van der Waals surface area (Å²) >= 11 is 0. The number of ketones is 1. The van der Waals surface area contributed by atoms with Crippen LogP contribution in [-0.4, -0.2) is 23.5 Å². The number of benzene rings is 1. The first-order chi connectivity index (χ1) is 8.02. The Morgan fingerprint density at radius 3 is 2.65 bits per heavy atom. The second kappa shape index (κ2) is 4.12. The lowest BCUT2D eigenvalue weighted by atomic mass is 9.99. The van der Waals surface area contributed by atoms with Gasteiger partial charge >= 0.3 is 5.97 Å². The molecular weight excluding hydrogens is 234 g/mol. The maximum atomic E-state index is 13.4. The van der Waals surface area contributed by atoms with E-state index in [1.54, 1.807) is 0 Å². The van der Waals surface area contributed by atoms with Gasteiger partial charge in [0.25, 0.3) is 5.78 Å². The molecular formula is C11H8F2O4. The summed E-state index contributed by atoms with van der Waals surface area (Å²) in [6.45, 7) is 0.204. The average Bonchev–Trinajstić information content (AvgIpc) is 2.28. The molecule has 0 radical (unpaired) electrons. The van der Waals surface area contributed by atoms with Crippen LogP contribution < -0.4 is 4.74 Å². The Morgan fingerprint density at radius 2 is 2.00 bits per heavy atom. The van der Waals surface area contributed by atoms with Crippen LogP contribution in [0.4, 0.5) is 8.78 Å². The van der Waals surface area contributed by atoms with Crippen LogP contribution in [0.5, 0.6) is 5.75 Å². The van der Waals surface area contributed by atoms with Crippen molar-refractivity contribution in [1.29, 1.82) is 0 Å². The van der Waals surface area contributed by atoms with Crippen LogP contribution in [0.2, 0.25) is 0 Å².